The molecule has 1 atom stereocenters. The molecule has 1 aliphatic heterocycles. The van der Waals surface area contributed by atoms with Crippen LogP contribution in [0.3, 0.4) is 0 Å². The van der Waals surface area contributed by atoms with Gasteiger partial charge in [-0.1, -0.05) is 12.8 Å². The van der Waals surface area contributed by atoms with Gasteiger partial charge < -0.3 is 19.5 Å². The number of likely N-dealkylation sites (tertiary alicyclic amines) is 1. The first-order chi connectivity index (χ1) is 13.0. The van der Waals surface area contributed by atoms with Crippen molar-refractivity contribution in [3.05, 3.63) is 35.3 Å². The van der Waals surface area contributed by atoms with Gasteiger partial charge in [0.05, 0.1) is 18.4 Å². The number of pyridine rings is 1. The highest BCUT2D eigenvalue weighted by atomic mass is 16.3. The van der Waals surface area contributed by atoms with Crippen LogP contribution in [0, 0.1) is 6.92 Å². The number of carbonyl (C=O) groups is 1. The summed E-state index contributed by atoms with van der Waals surface area (Å²) in [7, 11) is 1.87. The average molecular weight is 374 g/mol. The van der Waals surface area contributed by atoms with Crippen LogP contribution in [0.2, 0.25) is 0 Å². The van der Waals surface area contributed by atoms with Crippen LogP contribution in [-0.4, -0.2) is 74.7 Å². The lowest BCUT2D eigenvalue weighted by Gasteiger charge is -2.22. The summed E-state index contributed by atoms with van der Waals surface area (Å²) in [5, 5.41) is 18.8. The third kappa shape index (κ3) is 4.66. The molecule has 1 amide bonds. The second-order valence-corrected chi connectivity index (χ2v) is 7.58. The lowest BCUT2D eigenvalue weighted by Crippen LogP contribution is -2.34. The number of rotatable bonds is 6. The largest absolute Gasteiger partial charge is 0.394 e. The van der Waals surface area contributed by atoms with Gasteiger partial charge in [0.1, 0.15) is 5.65 Å². The summed E-state index contributed by atoms with van der Waals surface area (Å²) in [6, 6.07) is 3.98. The number of nitrogens with zero attached hydrogens (tertiary/aromatic N) is 4. The molecule has 1 aliphatic rings. The van der Waals surface area contributed by atoms with Gasteiger partial charge in [0.15, 0.2) is 5.69 Å². The van der Waals surface area contributed by atoms with Crippen LogP contribution in [0.25, 0.3) is 5.65 Å². The number of imidazole rings is 1. The molecule has 27 heavy (non-hydrogen) atoms. The summed E-state index contributed by atoms with van der Waals surface area (Å²) in [4.78, 5) is 21.7. The van der Waals surface area contributed by atoms with Gasteiger partial charge >= 0.3 is 0 Å². The van der Waals surface area contributed by atoms with E-state index < -0.39 is 6.10 Å². The predicted molar refractivity (Wildman–Crippen MR) is 104 cm³/mol. The molecule has 2 aromatic rings. The minimum absolute atomic E-state index is 0.00985. The zero-order chi connectivity index (χ0) is 19.4. The molecule has 0 saturated carbocycles. The summed E-state index contributed by atoms with van der Waals surface area (Å²) in [5.74, 6) is -0.00985. The zero-order valence-electron chi connectivity index (χ0n) is 16.3. The normalized spacial score (nSPS) is 16.7. The van der Waals surface area contributed by atoms with E-state index in [0.29, 0.717) is 18.8 Å². The molecular weight excluding hydrogens is 344 g/mol. The number of fused-ring (bicyclic) bond motifs is 1. The van der Waals surface area contributed by atoms with E-state index >= 15 is 0 Å². The van der Waals surface area contributed by atoms with E-state index in [1.165, 1.54) is 12.8 Å². The quantitative estimate of drug-likeness (QED) is 0.800. The number of aliphatic hydroxyl groups is 2. The molecule has 0 unspecified atom stereocenters. The van der Waals surface area contributed by atoms with Crippen LogP contribution < -0.4 is 0 Å². The Balaban J connectivity index is 1.93. The van der Waals surface area contributed by atoms with Gasteiger partial charge in [-0.2, -0.15) is 0 Å². The van der Waals surface area contributed by atoms with E-state index in [-0.39, 0.29) is 12.5 Å². The number of hydrogen-bond donors (Lipinski definition) is 2. The highest BCUT2D eigenvalue weighted by molar-refractivity contribution is 5.94. The highest BCUT2D eigenvalue weighted by Gasteiger charge is 2.25. The molecule has 7 nitrogen and oxygen atoms in total. The van der Waals surface area contributed by atoms with Gasteiger partial charge in [0, 0.05) is 32.4 Å². The molecular formula is C20H30N4O3. The number of aryl methyl sites for hydroxylation is 1. The molecule has 1 fully saturated rings. The first kappa shape index (κ1) is 19.8. The van der Waals surface area contributed by atoms with Crippen molar-refractivity contribution >= 4 is 11.6 Å². The summed E-state index contributed by atoms with van der Waals surface area (Å²) in [6.45, 7) is 4.09. The van der Waals surface area contributed by atoms with Crippen LogP contribution in [0.1, 0.15) is 47.4 Å². The Hall–Kier alpha value is -1.96. The molecule has 3 rings (SSSR count). The molecule has 2 N–H and O–H groups in total. The Morgan fingerprint density at radius 1 is 1.30 bits per heavy atom. The minimum atomic E-state index is -0.804. The predicted octanol–water partition coefficient (Wildman–Crippen LogP) is 1.44. The van der Waals surface area contributed by atoms with Gasteiger partial charge in [-0.15, -0.1) is 0 Å². The molecule has 1 saturated heterocycles. The maximum Gasteiger partial charge on any atom is 0.274 e. The fourth-order valence-corrected chi connectivity index (χ4v) is 3.68. The Morgan fingerprint density at radius 2 is 2.00 bits per heavy atom. The smallest absolute Gasteiger partial charge is 0.274 e. The van der Waals surface area contributed by atoms with Crippen molar-refractivity contribution in [1.82, 2.24) is 19.2 Å². The summed E-state index contributed by atoms with van der Waals surface area (Å²) >= 11 is 0. The van der Waals surface area contributed by atoms with Gasteiger partial charge in [-0.3, -0.25) is 9.69 Å². The number of carbonyl (C=O) groups excluding carboxylic acids is 1. The Labute approximate surface area is 160 Å². The van der Waals surface area contributed by atoms with Gasteiger partial charge in [-0.05, 0) is 44.5 Å². The fourth-order valence-electron chi connectivity index (χ4n) is 3.68. The first-order valence-corrected chi connectivity index (χ1v) is 9.74. The second-order valence-electron chi connectivity index (χ2n) is 7.58. The summed E-state index contributed by atoms with van der Waals surface area (Å²) < 4.78 is 1.96. The molecule has 0 spiro atoms. The highest BCUT2D eigenvalue weighted by Crippen LogP contribution is 2.20. The number of amides is 1. The Bertz CT molecular complexity index is 781. The van der Waals surface area contributed by atoms with Gasteiger partial charge in [0.2, 0.25) is 0 Å². The van der Waals surface area contributed by atoms with Gasteiger partial charge in [-0.25, -0.2) is 4.98 Å². The molecule has 0 aromatic carbocycles. The standard InChI is InChI=1S/C20H30N4O3/c1-15-7-10-24-17(13-22(2)12-16(26)14-25)19(21-18(24)11-15)20(27)23-8-5-3-4-6-9-23/h7,10-11,16,25-26H,3-6,8-9,12-14H2,1-2H3/t16-/m1/s1. The Kier molecular flexibility index (Phi) is 6.46. The lowest BCUT2D eigenvalue weighted by molar-refractivity contribution is 0.0640. The topological polar surface area (TPSA) is 81.3 Å². The van der Waals surface area contributed by atoms with Crippen molar-refractivity contribution in [3.63, 3.8) is 0 Å². The van der Waals surface area contributed by atoms with E-state index in [1.54, 1.807) is 0 Å². The first-order valence-electron chi connectivity index (χ1n) is 9.74. The molecule has 0 radical (unpaired) electrons. The molecule has 7 heteroatoms. The van der Waals surface area contributed by atoms with Crippen LogP contribution in [0.15, 0.2) is 18.3 Å². The number of aliphatic hydroxyl groups excluding tert-OH is 2. The monoisotopic (exact) mass is 374 g/mol. The van der Waals surface area contributed by atoms with Crippen LogP contribution in [0.5, 0.6) is 0 Å². The zero-order valence-corrected chi connectivity index (χ0v) is 16.3. The van der Waals surface area contributed by atoms with E-state index in [4.69, 9.17) is 5.11 Å². The molecule has 0 aliphatic carbocycles. The molecule has 3 heterocycles. The van der Waals surface area contributed by atoms with E-state index in [1.807, 2.05) is 46.5 Å². The SMILES string of the molecule is Cc1ccn2c(CN(C)C[C@@H](O)CO)c(C(=O)N3CCCCCC3)nc2c1. The van der Waals surface area contributed by atoms with E-state index in [9.17, 15) is 9.90 Å². The maximum absolute atomic E-state index is 13.2. The summed E-state index contributed by atoms with van der Waals surface area (Å²) in [6.07, 6.45) is 5.56. The van der Waals surface area contributed by atoms with Gasteiger partial charge in [0.25, 0.3) is 5.91 Å². The number of likely N-dealkylation sites (N-methyl/N-ethyl adjacent to an activating group) is 1. The fraction of sp³-hybridized carbons (Fsp3) is 0.600. The summed E-state index contributed by atoms with van der Waals surface area (Å²) in [5.41, 5.74) is 3.18. The van der Waals surface area contributed by atoms with Crippen molar-refractivity contribution < 1.29 is 15.0 Å². The van der Waals surface area contributed by atoms with Crippen LogP contribution in [-0.2, 0) is 6.54 Å². The van der Waals surface area contributed by atoms with E-state index in [2.05, 4.69) is 4.98 Å². The van der Waals surface area contributed by atoms with Crippen molar-refractivity contribution in [2.24, 2.45) is 0 Å². The molecule has 0 bridgehead atoms. The average Bonchev–Trinajstić information content (AvgIpc) is 2.83. The van der Waals surface area contributed by atoms with Crippen molar-refractivity contribution in [2.45, 2.75) is 45.3 Å². The molecule has 2 aromatic heterocycles. The van der Waals surface area contributed by atoms with Crippen LogP contribution >= 0.6 is 0 Å². The number of hydrogen-bond acceptors (Lipinski definition) is 5. The Morgan fingerprint density at radius 3 is 2.67 bits per heavy atom. The maximum atomic E-state index is 13.2. The third-order valence-corrected chi connectivity index (χ3v) is 5.13. The van der Waals surface area contributed by atoms with Crippen molar-refractivity contribution in [3.8, 4) is 0 Å². The van der Waals surface area contributed by atoms with Crippen LogP contribution in [0.4, 0.5) is 0 Å². The van der Waals surface area contributed by atoms with E-state index in [0.717, 1.165) is 42.8 Å². The second kappa shape index (κ2) is 8.82. The third-order valence-electron chi connectivity index (χ3n) is 5.13. The number of aromatic nitrogens is 2. The van der Waals surface area contributed by atoms with Crippen molar-refractivity contribution in [1.29, 1.82) is 0 Å². The molecule has 148 valence electrons. The lowest BCUT2D eigenvalue weighted by atomic mass is 10.2. The van der Waals surface area contributed by atoms with Crippen molar-refractivity contribution in [2.75, 3.05) is 33.3 Å². The minimum Gasteiger partial charge on any atom is -0.394 e.